The van der Waals surface area contributed by atoms with Crippen molar-refractivity contribution in [3.63, 3.8) is 0 Å². The van der Waals surface area contributed by atoms with Gasteiger partial charge in [0.15, 0.2) is 0 Å². The molecule has 0 spiro atoms. The van der Waals surface area contributed by atoms with Crippen LogP contribution >= 0.6 is 11.8 Å². The first-order valence-electron chi connectivity index (χ1n) is 5.66. The van der Waals surface area contributed by atoms with Gasteiger partial charge in [-0.25, -0.2) is 9.78 Å². The highest BCUT2D eigenvalue weighted by molar-refractivity contribution is 8.00. The van der Waals surface area contributed by atoms with Gasteiger partial charge in [-0.05, 0) is 37.7 Å². The maximum Gasteiger partial charge on any atom is 0.354 e. The first-order chi connectivity index (χ1) is 8.09. The van der Waals surface area contributed by atoms with Gasteiger partial charge in [0.1, 0.15) is 5.69 Å². The van der Waals surface area contributed by atoms with Crippen molar-refractivity contribution in [3.8, 4) is 0 Å². The minimum Gasteiger partial charge on any atom is -0.477 e. The minimum atomic E-state index is -0.991. The second-order valence-corrected chi connectivity index (χ2v) is 6.18. The van der Waals surface area contributed by atoms with E-state index in [-0.39, 0.29) is 5.69 Å². The van der Waals surface area contributed by atoms with Crippen LogP contribution in [-0.4, -0.2) is 33.1 Å². The highest BCUT2D eigenvalue weighted by Gasteiger charge is 2.28. The van der Waals surface area contributed by atoms with E-state index in [2.05, 4.69) is 17.2 Å². The molecule has 2 rings (SSSR count). The molecule has 0 radical (unpaired) electrons. The van der Waals surface area contributed by atoms with Gasteiger partial charge in [0.05, 0.1) is 11.9 Å². The van der Waals surface area contributed by atoms with Crippen molar-refractivity contribution >= 4 is 23.4 Å². The summed E-state index contributed by atoms with van der Waals surface area (Å²) in [6, 6.07) is 3.29. The predicted octanol–water partition coefficient (Wildman–Crippen LogP) is 2.48. The van der Waals surface area contributed by atoms with Crippen LogP contribution in [-0.2, 0) is 0 Å². The quantitative estimate of drug-likeness (QED) is 0.862. The van der Waals surface area contributed by atoms with Crippen molar-refractivity contribution in [1.82, 2.24) is 4.98 Å². The molecule has 0 saturated carbocycles. The van der Waals surface area contributed by atoms with E-state index in [4.69, 9.17) is 5.11 Å². The zero-order valence-corrected chi connectivity index (χ0v) is 10.6. The molecule has 4 nitrogen and oxygen atoms in total. The molecule has 0 bridgehead atoms. The summed E-state index contributed by atoms with van der Waals surface area (Å²) < 4.78 is 0.297. The van der Waals surface area contributed by atoms with E-state index in [0.717, 1.165) is 12.2 Å². The molecule has 1 aromatic heterocycles. The van der Waals surface area contributed by atoms with Gasteiger partial charge in [-0.2, -0.15) is 11.8 Å². The molecular weight excluding hydrogens is 236 g/mol. The maximum atomic E-state index is 10.6. The van der Waals surface area contributed by atoms with E-state index in [1.54, 1.807) is 12.3 Å². The van der Waals surface area contributed by atoms with Gasteiger partial charge < -0.3 is 10.4 Å². The summed E-state index contributed by atoms with van der Waals surface area (Å²) in [7, 11) is 0. The van der Waals surface area contributed by atoms with E-state index < -0.39 is 5.97 Å². The van der Waals surface area contributed by atoms with Gasteiger partial charge in [-0.3, -0.25) is 0 Å². The summed E-state index contributed by atoms with van der Waals surface area (Å²) in [5, 5.41) is 12.0. The van der Waals surface area contributed by atoms with Crippen molar-refractivity contribution in [2.75, 3.05) is 17.6 Å². The number of hydrogen-bond acceptors (Lipinski definition) is 4. The predicted molar refractivity (Wildman–Crippen MR) is 69.8 cm³/mol. The number of carboxylic acids is 1. The summed E-state index contributed by atoms with van der Waals surface area (Å²) in [6.45, 7) is 3.16. The maximum absolute atomic E-state index is 10.6. The van der Waals surface area contributed by atoms with Crippen LogP contribution in [0.1, 0.15) is 30.3 Å². The lowest BCUT2D eigenvalue weighted by Gasteiger charge is -2.23. The van der Waals surface area contributed by atoms with Crippen molar-refractivity contribution < 1.29 is 9.90 Å². The van der Waals surface area contributed by atoms with Crippen molar-refractivity contribution in [2.24, 2.45) is 0 Å². The summed E-state index contributed by atoms with van der Waals surface area (Å²) in [4.78, 5) is 14.5. The molecule has 1 aliphatic rings. The Balaban J connectivity index is 1.93. The van der Waals surface area contributed by atoms with Gasteiger partial charge in [-0.15, -0.1) is 0 Å². The normalized spacial score (nSPS) is 23.6. The van der Waals surface area contributed by atoms with Crippen LogP contribution in [0.4, 0.5) is 5.69 Å². The van der Waals surface area contributed by atoms with Gasteiger partial charge >= 0.3 is 5.97 Å². The van der Waals surface area contributed by atoms with Gasteiger partial charge in [-0.1, -0.05) is 0 Å². The lowest BCUT2D eigenvalue weighted by Crippen LogP contribution is -2.27. The Morgan fingerprint density at radius 1 is 1.65 bits per heavy atom. The summed E-state index contributed by atoms with van der Waals surface area (Å²) >= 11 is 1.99. The fourth-order valence-electron chi connectivity index (χ4n) is 1.89. The number of aromatic carboxylic acids is 1. The van der Waals surface area contributed by atoms with E-state index in [9.17, 15) is 4.79 Å². The number of hydrogen-bond donors (Lipinski definition) is 2. The lowest BCUT2D eigenvalue weighted by atomic mass is 10.1. The number of thioether (sulfide) groups is 1. The standard InChI is InChI=1S/C12H16N2O2S/c1-12(5-2-6-17-12)8-14-9-3-4-10(11(15)16)13-7-9/h3-4,7,14H,2,5-6,8H2,1H3,(H,15,16). The number of nitrogens with one attached hydrogen (secondary N) is 1. The Morgan fingerprint density at radius 2 is 2.47 bits per heavy atom. The number of nitrogens with zero attached hydrogens (tertiary/aromatic N) is 1. The summed E-state index contributed by atoms with van der Waals surface area (Å²) in [5.74, 6) is 0.240. The molecular formula is C12H16N2O2S. The Bertz CT molecular complexity index is 399. The van der Waals surface area contributed by atoms with Gasteiger partial charge in [0.2, 0.25) is 0 Å². The van der Waals surface area contributed by atoms with E-state index in [1.165, 1.54) is 24.7 Å². The fourth-order valence-corrected chi connectivity index (χ4v) is 3.13. The molecule has 0 amide bonds. The van der Waals surface area contributed by atoms with E-state index >= 15 is 0 Å². The van der Waals surface area contributed by atoms with Crippen molar-refractivity contribution in [2.45, 2.75) is 24.5 Å². The molecule has 1 atom stereocenters. The number of rotatable bonds is 4. The zero-order valence-electron chi connectivity index (χ0n) is 9.77. The Kier molecular flexibility index (Phi) is 3.57. The van der Waals surface area contributed by atoms with Crippen molar-refractivity contribution in [1.29, 1.82) is 0 Å². The van der Waals surface area contributed by atoms with Crippen LogP contribution < -0.4 is 5.32 Å². The number of aromatic nitrogens is 1. The third kappa shape index (κ3) is 3.12. The number of carboxylic acid groups (broad SMARTS) is 1. The number of carbonyl (C=O) groups is 1. The van der Waals surface area contributed by atoms with Crippen LogP contribution in [0.2, 0.25) is 0 Å². The molecule has 1 aliphatic heterocycles. The molecule has 2 N–H and O–H groups in total. The highest BCUT2D eigenvalue weighted by atomic mass is 32.2. The van der Waals surface area contributed by atoms with E-state index in [1.807, 2.05) is 11.8 Å². The molecule has 1 unspecified atom stereocenters. The number of anilines is 1. The first kappa shape index (κ1) is 12.2. The van der Waals surface area contributed by atoms with Crippen LogP contribution in [0.5, 0.6) is 0 Å². The van der Waals surface area contributed by atoms with E-state index in [0.29, 0.717) is 4.75 Å². The largest absolute Gasteiger partial charge is 0.477 e. The minimum absolute atomic E-state index is 0.0806. The summed E-state index contributed by atoms with van der Waals surface area (Å²) in [6.07, 6.45) is 4.08. The molecule has 1 saturated heterocycles. The zero-order chi connectivity index (χ0) is 12.3. The molecule has 2 heterocycles. The summed E-state index contributed by atoms with van der Waals surface area (Å²) in [5.41, 5.74) is 0.959. The third-order valence-corrected chi connectivity index (χ3v) is 4.49. The monoisotopic (exact) mass is 252 g/mol. The second-order valence-electron chi connectivity index (χ2n) is 4.49. The topological polar surface area (TPSA) is 62.2 Å². The first-order valence-corrected chi connectivity index (χ1v) is 6.65. The molecule has 0 aliphatic carbocycles. The van der Waals surface area contributed by atoms with Gasteiger partial charge in [0, 0.05) is 11.3 Å². The highest BCUT2D eigenvalue weighted by Crippen LogP contribution is 2.37. The Morgan fingerprint density at radius 3 is 3.00 bits per heavy atom. The van der Waals surface area contributed by atoms with Crippen LogP contribution in [0.25, 0.3) is 0 Å². The SMILES string of the molecule is CC1(CNc2ccc(C(=O)O)nc2)CCCS1. The second kappa shape index (κ2) is 4.96. The molecule has 5 heteroatoms. The van der Waals surface area contributed by atoms with Gasteiger partial charge in [0.25, 0.3) is 0 Å². The lowest BCUT2D eigenvalue weighted by molar-refractivity contribution is 0.0690. The van der Waals surface area contributed by atoms with Crippen LogP contribution in [0.3, 0.4) is 0 Å². The molecule has 1 fully saturated rings. The van der Waals surface area contributed by atoms with Crippen molar-refractivity contribution in [3.05, 3.63) is 24.0 Å². The molecule has 1 aromatic rings. The van der Waals surface area contributed by atoms with Crippen LogP contribution in [0, 0.1) is 0 Å². The molecule has 0 aromatic carbocycles. The Hall–Kier alpha value is -1.23. The third-order valence-electron chi connectivity index (χ3n) is 2.95. The Labute approximate surface area is 105 Å². The molecule has 92 valence electrons. The fraction of sp³-hybridized carbons (Fsp3) is 0.500. The smallest absolute Gasteiger partial charge is 0.354 e. The molecule has 17 heavy (non-hydrogen) atoms. The average molecular weight is 252 g/mol. The average Bonchev–Trinajstić information content (AvgIpc) is 2.75. The number of pyridine rings is 1. The van der Waals surface area contributed by atoms with Crippen LogP contribution in [0.15, 0.2) is 18.3 Å².